The highest BCUT2D eigenvalue weighted by Gasteiger charge is 2.24. The molecule has 1 fully saturated rings. The molecule has 1 saturated heterocycles. The Hall–Kier alpha value is -4.77. The predicted molar refractivity (Wildman–Crippen MR) is 147 cm³/mol. The van der Waals surface area contributed by atoms with Gasteiger partial charge in [0.05, 0.1) is 29.9 Å². The quantitative estimate of drug-likeness (QED) is 0.235. The zero-order chi connectivity index (χ0) is 29.4. The molecule has 0 aliphatic carbocycles. The van der Waals surface area contributed by atoms with Gasteiger partial charge in [-0.1, -0.05) is 36.4 Å². The van der Waals surface area contributed by atoms with Crippen molar-refractivity contribution in [3.63, 3.8) is 0 Å². The van der Waals surface area contributed by atoms with Gasteiger partial charge in [-0.2, -0.15) is 4.98 Å². The van der Waals surface area contributed by atoms with Crippen molar-refractivity contribution in [1.29, 1.82) is 0 Å². The van der Waals surface area contributed by atoms with Gasteiger partial charge in [0.25, 0.3) is 0 Å². The maximum absolute atomic E-state index is 14.8. The maximum atomic E-state index is 14.8. The van der Waals surface area contributed by atoms with Gasteiger partial charge in [-0.05, 0) is 42.7 Å². The number of rotatable bonds is 9. The van der Waals surface area contributed by atoms with Gasteiger partial charge in [-0.3, -0.25) is 0 Å². The number of carboxylic acids is 1. The second kappa shape index (κ2) is 11.2. The van der Waals surface area contributed by atoms with E-state index in [2.05, 4.69) is 15.0 Å². The third-order valence-corrected chi connectivity index (χ3v) is 7.19. The molecule has 0 spiro atoms. The number of aromatic nitrogens is 4. The minimum absolute atomic E-state index is 0.0218. The fourth-order valence-electron chi connectivity index (χ4n) is 4.82. The van der Waals surface area contributed by atoms with Gasteiger partial charge < -0.3 is 19.1 Å². The molecule has 42 heavy (non-hydrogen) atoms. The number of fused-ring (bicyclic) bond motifs is 1. The van der Waals surface area contributed by atoms with Crippen LogP contribution in [0.3, 0.4) is 0 Å². The van der Waals surface area contributed by atoms with E-state index >= 15 is 0 Å². The summed E-state index contributed by atoms with van der Waals surface area (Å²) in [5.74, 6) is -2.46. The smallest absolute Gasteiger partial charge is 0.335 e. The van der Waals surface area contributed by atoms with Crippen molar-refractivity contribution in [1.82, 2.24) is 19.5 Å². The number of imidazole rings is 1. The van der Waals surface area contributed by atoms with E-state index in [9.17, 15) is 23.1 Å². The fourth-order valence-corrected chi connectivity index (χ4v) is 4.82. The van der Waals surface area contributed by atoms with Crippen molar-refractivity contribution in [2.24, 2.45) is 0 Å². The van der Waals surface area contributed by atoms with Crippen molar-refractivity contribution in [3.05, 3.63) is 106 Å². The van der Waals surface area contributed by atoms with E-state index in [1.54, 1.807) is 47.9 Å². The highest BCUT2D eigenvalue weighted by Crippen LogP contribution is 2.27. The van der Waals surface area contributed by atoms with Gasteiger partial charge in [0.15, 0.2) is 11.6 Å². The van der Waals surface area contributed by atoms with Crippen LogP contribution in [0.5, 0.6) is 6.01 Å². The highest BCUT2D eigenvalue weighted by molar-refractivity contribution is 5.92. The van der Waals surface area contributed by atoms with E-state index in [0.29, 0.717) is 42.0 Å². The number of carboxylic acid groups (broad SMARTS) is 1. The Morgan fingerprint density at radius 3 is 2.52 bits per heavy atom. The molecule has 0 saturated carbocycles. The zero-order valence-electron chi connectivity index (χ0n) is 22.5. The molecule has 0 radical (unpaired) electrons. The minimum Gasteiger partial charge on any atom is -0.478 e. The number of nitrogens with zero attached hydrogens (tertiary/aromatic N) is 4. The molecular weight excluding hydrogens is 549 g/mol. The number of aryl methyl sites for hydroxylation is 1. The van der Waals surface area contributed by atoms with Crippen molar-refractivity contribution >= 4 is 17.0 Å². The van der Waals surface area contributed by atoms with Crippen molar-refractivity contribution in [2.75, 3.05) is 6.61 Å². The topological polar surface area (TPSA) is 99.4 Å². The van der Waals surface area contributed by atoms with Crippen LogP contribution in [0.1, 0.15) is 39.3 Å². The molecule has 3 aromatic carbocycles. The maximum Gasteiger partial charge on any atom is 0.335 e. The Labute approximate surface area is 238 Å². The summed E-state index contributed by atoms with van der Waals surface area (Å²) >= 11 is 0. The average molecular weight is 575 g/mol. The SMILES string of the molecule is Cc1ccc(COc2ncc(F)c(-c3ccc(Cc4nc5c(F)cc(C(=O)O)cc5n4CC4CCO4)cc3)n2)c(F)c1. The van der Waals surface area contributed by atoms with Crippen LogP contribution >= 0.6 is 0 Å². The first-order valence-corrected chi connectivity index (χ1v) is 13.3. The van der Waals surface area contributed by atoms with Crippen LogP contribution in [0.2, 0.25) is 0 Å². The van der Waals surface area contributed by atoms with Gasteiger partial charge in [-0.25, -0.2) is 27.9 Å². The van der Waals surface area contributed by atoms with E-state index in [-0.39, 0.29) is 35.5 Å². The lowest BCUT2D eigenvalue weighted by atomic mass is 10.1. The lowest BCUT2D eigenvalue weighted by Crippen LogP contribution is -2.31. The number of hydrogen-bond acceptors (Lipinski definition) is 6. The van der Waals surface area contributed by atoms with Crippen LogP contribution in [0, 0.1) is 24.4 Å². The summed E-state index contributed by atoms with van der Waals surface area (Å²) in [6.45, 7) is 2.72. The summed E-state index contributed by atoms with van der Waals surface area (Å²) in [5, 5.41) is 9.42. The van der Waals surface area contributed by atoms with E-state index in [1.807, 2.05) is 0 Å². The van der Waals surface area contributed by atoms with Crippen LogP contribution in [-0.2, 0) is 24.3 Å². The van der Waals surface area contributed by atoms with E-state index < -0.39 is 23.4 Å². The number of ether oxygens (including phenoxy) is 2. The van der Waals surface area contributed by atoms with Gasteiger partial charge in [0.1, 0.15) is 29.5 Å². The molecule has 214 valence electrons. The lowest BCUT2D eigenvalue weighted by Gasteiger charge is -2.27. The molecule has 1 aliphatic rings. The predicted octanol–water partition coefficient (Wildman–Crippen LogP) is 5.88. The van der Waals surface area contributed by atoms with Gasteiger partial charge >= 0.3 is 12.0 Å². The first-order valence-electron chi connectivity index (χ1n) is 13.3. The standard InChI is InChI=1S/C31H25F3N4O4/c1-17-2-5-20(23(32)10-17)16-42-31-35-14-25(34)28(37-31)19-6-3-18(4-7-19)11-27-36-29-24(33)12-21(30(39)40)13-26(29)38(27)15-22-8-9-41-22/h2-7,10,12-14,22H,8-9,11,15-16H2,1H3,(H,39,40). The van der Waals surface area contributed by atoms with Crippen LogP contribution in [0.15, 0.2) is 60.8 Å². The van der Waals surface area contributed by atoms with Crippen LogP contribution in [0.25, 0.3) is 22.3 Å². The summed E-state index contributed by atoms with van der Waals surface area (Å²) in [7, 11) is 0. The molecule has 2 aromatic heterocycles. The fraction of sp³-hybridized carbons (Fsp3) is 0.226. The second-order valence-corrected chi connectivity index (χ2v) is 10.2. The Bertz CT molecular complexity index is 1800. The highest BCUT2D eigenvalue weighted by atomic mass is 19.1. The van der Waals surface area contributed by atoms with Crippen LogP contribution < -0.4 is 4.74 Å². The molecule has 0 amide bonds. The third kappa shape index (κ3) is 5.55. The molecule has 6 rings (SSSR count). The van der Waals surface area contributed by atoms with Gasteiger partial charge in [0.2, 0.25) is 0 Å². The van der Waals surface area contributed by atoms with E-state index in [1.165, 1.54) is 12.1 Å². The Morgan fingerprint density at radius 1 is 1.05 bits per heavy atom. The monoisotopic (exact) mass is 574 g/mol. The Kier molecular flexibility index (Phi) is 7.34. The largest absolute Gasteiger partial charge is 0.478 e. The van der Waals surface area contributed by atoms with E-state index in [0.717, 1.165) is 29.8 Å². The molecule has 11 heteroatoms. The molecule has 0 bridgehead atoms. The first-order chi connectivity index (χ1) is 20.2. The minimum atomic E-state index is -1.23. The van der Waals surface area contributed by atoms with Crippen molar-refractivity contribution < 1.29 is 32.5 Å². The second-order valence-electron chi connectivity index (χ2n) is 10.2. The number of hydrogen-bond donors (Lipinski definition) is 1. The van der Waals surface area contributed by atoms with Crippen molar-refractivity contribution in [2.45, 2.75) is 39.0 Å². The average Bonchev–Trinajstić information content (AvgIpc) is 3.28. The molecule has 1 N–H and O–H groups in total. The summed E-state index contributed by atoms with van der Waals surface area (Å²) in [6, 6.07) is 14.0. The van der Waals surface area contributed by atoms with Gasteiger partial charge in [0, 0.05) is 24.2 Å². The lowest BCUT2D eigenvalue weighted by molar-refractivity contribution is -0.0589. The number of halogens is 3. The van der Waals surface area contributed by atoms with Crippen LogP contribution in [0.4, 0.5) is 13.2 Å². The molecule has 1 atom stereocenters. The molecule has 8 nitrogen and oxygen atoms in total. The van der Waals surface area contributed by atoms with Crippen LogP contribution in [-0.4, -0.2) is 43.3 Å². The number of aromatic carboxylic acids is 1. The summed E-state index contributed by atoms with van der Waals surface area (Å²) in [4.78, 5) is 24.1. The zero-order valence-corrected chi connectivity index (χ0v) is 22.5. The summed E-state index contributed by atoms with van der Waals surface area (Å²) in [5.41, 5.74) is 2.72. The number of carbonyl (C=O) groups is 1. The Morgan fingerprint density at radius 2 is 1.83 bits per heavy atom. The summed E-state index contributed by atoms with van der Waals surface area (Å²) < 4.78 is 56.6. The van der Waals surface area contributed by atoms with Gasteiger partial charge in [-0.15, -0.1) is 0 Å². The summed E-state index contributed by atoms with van der Waals surface area (Å²) in [6.07, 6.45) is 2.08. The van der Waals surface area contributed by atoms with Crippen molar-refractivity contribution in [3.8, 4) is 17.3 Å². The molecular formula is C31H25F3N4O4. The third-order valence-electron chi connectivity index (χ3n) is 7.19. The molecule has 5 aromatic rings. The van der Waals surface area contributed by atoms with E-state index in [4.69, 9.17) is 9.47 Å². The molecule has 1 aliphatic heterocycles. The Balaban J connectivity index is 1.24. The first kappa shape index (κ1) is 27.4. The number of benzene rings is 3. The molecule has 3 heterocycles. The molecule has 1 unspecified atom stereocenters. The normalized spacial score (nSPS) is 14.6.